The lowest BCUT2D eigenvalue weighted by molar-refractivity contribution is -0.130. The second kappa shape index (κ2) is 9.68. The van der Waals surface area contributed by atoms with Gasteiger partial charge in [-0.15, -0.1) is 10.2 Å². The van der Waals surface area contributed by atoms with E-state index in [-0.39, 0.29) is 5.91 Å². The van der Waals surface area contributed by atoms with E-state index < -0.39 is 0 Å². The van der Waals surface area contributed by atoms with E-state index in [0.717, 1.165) is 42.9 Å². The van der Waals surface area contributed by atoms with Crippen LogP contribution in [-0.4, -0.2) is 62.4 Å². The van der Waals surface area contributed by atoms with Crippen LogP contribution in [0.4, 0.5) is 0 Å². The van der Waals surface area contributed by atoms with Crippen LogP contribution in [0.25, 0.3) is 11.6 Å². The van der Waals surface area contributed by atoms with E-state index in [1.54, 1.807) is 6.26 Å². The Hall–Kier alpha value is -2.29. The molecule has 3 heterocycles. The first kappa shape index (κ1) is 21.0. The molecular weight excluding hydrogens is 422 g/mol. The Bertz CT molecular complexity index is 966. The summed E-state index contributed by atoms with van der Waals surface area (Å²) in [5.41, 5.74) is 1.24. The van der Waals surface area contributed by atoms with Gasteiger partial charge in [-0.25, -0.2) is 0 Å². The maximum atomic E-state index is 12.7. The quantitative estimate of drug-likeness (QED) is 0.517. The van der Waals surface area contributed by atoms with Crippen LogP contribution in [0.3, 0.4) is 0 Å². The standard InChI is InChI=1S/C21H24ClN5O2S/c1-2-27-20(18-4-3-13-29-18)23-24-21(27)30-15-19(28)26-11-9-25(10-12-26)14-16-5-7-17(22)8-6-16/h3-8,13H,2,9-12,14-15H2,1H3. The van der Waals surface area contributed by atoms with E-state index in [9.17, 15) is 4.79 Å². The van der Waals surface area contributed by atoms with Crippen molar-refractivity contribution in [2.75, 3.05) is 31.9 Å². The molecule has 0 unspecified atom stereocenters. The van der Waals surface area contributed by atoms with Crippen LogP contribution in [0.1, 0.15) is 12.5 Å². The summed E-state index contributed by atoms with van der Waals surface area (Å²) in [7, 11) is 0. The van der Waals surface area contributed by atoms with E-state index in [1.807, 2.05) is 40.7 Å². The maximum Gasteiger partial charge on any atom is 0.233 e. The van der Waals surface area contributed by atoms with Gasteiger partial charge in [0.15, 0.2) is 16.7 Å². The fourth-order valence-corrected chi connectivity index (χ4v) is 4.52. The molecule has 0 radical (unpaired) electrons. The molecule has 1 amide bonds. The first-order valence-corrected chi connectivity index (χ1v) is 11.3. The van der Waals surface area contributed by atoms with Crippen molar-refractivity contribution >= 4 is 29.3 Å². The minimum Gasteiger partial charge on any atom is -0.461 e. The molecular formula is C21H24ClN5O2S. The zero-order chi connectivity index (χ0) is 20.9. The van der Waals surface area contributed by atoms with Gasteiger partial charge in [0.05, 0.1) is 12.0 Å². The largest absolute Gasteiger partial charge is 0.461 e. The Kier molecular flexibility index (Phi) is 6.76. The average molecular weight is 446 g/mol. The van der Waals surface area contributed by atoms with Gasteiger partial charge >= 0.3 is 0 Å². The van der Waals surface area contributed by atoms with Gasteiger partial charge in [-0.1, -0.05) is 35.5 Å². The molecule has 1 fully saturated rings. The number of thioether (sulfide) groups is 1. The van der Waals surface area contributed by atoms with Crippen molar-refractivity contribution in [1.29, 1.82) is 0 Å². The third-order valence-electron chi connectivity index (χ3n) is 5.14. The Morgan fingerprint density at radius 2 is 1.90 bits per heavy atom. The van der Waals surface area contributed by atoms with E-state index in [1.165, 1.54) is 17.3 Å². The number of halogens is 1. The number of hydrogen-bond acceptors (Lipinski definition) is 6. The van der Waals surface area contributed by atoms with Crippen molar-refractivity contribution in [2.45, 2.75) is 25.2 Å². The lowest BCUT2D eigenvalue weighted by Crippen LogP contribution is -2.48. The van der Waals surface area contributed by atoms with Gasteiger partial charge in [-0.2, -0.15) is 0 Å². The molecule has 1 aliphatic rings. The van der Waals surface area contributed by atoms with Crippen molar-refractivity contribution in [1.82, 2.24) is 24.6 Å². The van der Waals surface area contributed by atoms with Crippen LogP contribution in [0.2, 0.25) is 5.02 Å². The number of carbonyl (C=O) groups is 1. The number of benzene rings is 1. The lowest BCUT2D eigenvalue weighted by atomic mass is 10.2. The van der Waals surface area contributed by atoms with Crippen LogP contribution in [-0.2, 0) is 17.9 Å². The molecule has 4 rings (SSSR count). The normalized spacial score (nSPS) is 14.9. The third kappa shape index (κ3) is 4.88. The Morgan fingerprint density at radius 3 is 2.57 bits per heavy atom. The monoisotopic (exact) mass is 445 g/mol. The fraction of sp³-hybridized carbons (Fsp3) is 0.381. The molecule has 2 aromatic heterocycles. The molecule has 3 aromatic rings. The number of aromatic nitrogens is 3. The number of rotatable bonds is 7. The molecule has 0 bridgehead atoms. The van der Waals surface area contributed by atoms with Gasteiger partial charge in [0, 0.05) is 44.3 Å². The molecule has 1 saturated heterocycles. The predicted octanol–water partition coefficient (Wildman–Crippen LogP) is 3.65. The molecule has 30 heavy (non-hydrogen) atoms. The summed E-state index contributed by atoms with van der Waals surface area (Å²) in [6.07, 6.45) is 1.62. The molecule has 0 atom stereocenters. The summed E-state index contributed by atoms with van der Waals surface area (Å²) in [6, 6.07) is 11.6. The van der Waals surface area contributed by atoms with Crippen LogP contribution in [0, 0.1) is 0 Å². The Labute approximate surface area is 185 Å². The van der Waals surface area contributed by atoms with Crippen molar-refractivity contribution < 1.29 is 9.21 Å². The molecule has 158 valence electrons. The molecule has 0 spiro atoms. The van der Waals surface area contributed by atoms with E-state index in [2.05, 4.69) is 27.2 Å². The second-order valence-corrected chi connectivity index (χ2v) is 8.48. The SMILES string of the molecule is CCn1c(SCC(=O)N2CCN(Cc3ccc(Cl)cc3)CC2)nnc1-c1ccco1. The van der Waals surface area contributed by atoms with Gasteiger partial charge in [-0.05, 0) is 36.8 Å². The molecule has 0 saturated carbocycles. The summed E-state index contributed by atoms with van der Waals surface area (Å²) in [6.45, 7) is 6.84. The smallest absolute Gasteiger partial charge is 0.233 e. The van der Waals surface area contributed by atoms with E-state index in [0.29, 0.717) is 23.9 Å². The minimum absolute atomic E-state index is 0.136. The van der Waals surface area contributed by atoms with Gasteiger partial charge in [0.2, 0.25) is 5.91 Å². The highest BCUT2D eigenvalue weighted by Crippen LogP contribution is 2.24. The van der Waals surface area contributed by atoms with E-state index in [4.69, 9.17) is 16.0 Å². The number of amides is 1. The van der Waals surface area contributed by atoms with Crippen LogP contribution >= 0.6 is 23.4 Å². The van der Waals surface area contributed by atoms with Crippen LogP contribution in [0.5, 0.6) is 0 Å². The summed E-state index contributed by atoms with van der Waals surface area (Å²) < 4.78 is 7.41. The van der Waals surface area contributed by atoms with Crippen LogP contribution < -0.4 is 0 Å². The topological polar surface area (TPSA) is 67.4 Å². The molecule has 1 aliphatic heterocycles. The number of nitrogens with zero attached hydrogens (tertiary/aromatic N) is 5. The lowest BCUT2D eigenvalue weighted by Gasteiger charge is -2.34. The number of furan rings is 1. The Morgan fingerprint density at radius 1 is 1.13 bits per heavy atom. The van der Waals surface area contributed by atoms with Crippen molar-refractivity contribution in [2.24, 2.45) is 0 Å². The fourth-order valence-electron chi connectivity index (χ4n) is 3.49. The van der Waals surface area contributed by atoms with Gasteiger partial charge < -0.3 is 9.32 Å². The highest BCUT2D eigenvalue weighted by atomic mass is 35.5. The number of piperazine rings is 1. The van der Waals surface area contributed by atoms with Gasteiger partial charge in [0.1, 0.15) is 0 Å². The number of hydrogen-bond donors (Lipinski definition) is 0. The Balaban J connectivity index is 1.28. The second-order valence-electron chi connectivity index (χ2n) is 7.10. The summed E-state index contributed by atoms with van der Waals surface area (Å²) in [5, 5.41) is 9.97. The maximum absolute atomic E-state index is 12.7. The summed E-state index contributed by atoms with van der Waals surface area (Å²) in [4.78, 5) is 17.0. The zero-order valence-corrected chi connectivity index (χ0v) is 18.4. The molecule has 7 nitrogen and oxygen atoms in total. The van der Waals surface area contributed by atoms with Crippen molar-refractivity contribution in [3.05, 3.63) is 53.2 Å². The summed E-state index contributed by atoms with van der Waals surface area (Å²) >= 11 is 7.38. The zero-order valence-electron chi connectivity index (χ0n) is 16.8. The van der Waals surface area contributed by atoms with Crippen molar-refractivity contribution in [3.8, 4) is 11.6 Å². The third-order valence-corrected chi connectivity index (χ3v) is 6.35. The summed E-state index contributed by atoms with van der Waals surface area (Å²) in [5.74, 6) is 1.86. The minimum atomic E-state index is 0.136. The number of carbonyl (C=O) groups excluding carboxylic acids is 1. The predicted molar refractivity (Wildman–Crippen MR) is 117 cm³/mol. The molecule has 0 aliphatic carbocycles. The van der Waals surface area contributed by atoms with Crippen molar-refractivity contribution in [3.63, 3.8) is 0 Å². The first-order chi connectivity index (χ1) is 14.6. The average Bonchev–Trinajstić information content (AvgIpc) is 3.43. The molecule has 1 aromatic carbocycles. The van der Waals surface area contributed by atoms with E-state index >= 15 is 0 Å². The van der Waals surface area contributed by atoms with Crippen LogP contribution in [0.15, 0.2) is 52.2 Å². The van der Waals surface area contributed by atoms with Gasteiger partial charge in [0.25, 0.3) is 0 Å². The first-order valence-electron chi connectivity index (χ1n) is 9.98. The highest BCUT2D eigenvalue weighted by molar-refractivity contribution is 7.99. The molecule has 0 N–H and O–H groups in total. The van der Waals surface area contributed by atoms with Gasteiger partial charge in [-0.3, -0.25) is 14.3 Å². The highest BCUT2D eigenvalue weighted by Gasteiger charge is 2.22. The molecule has 9 heteroatoms.